The average molecular weight is 902 g/mol. The molecule has 18 heteroatoms. The quantitative estimate of drug-likeness (QED) is 0.135. The summed E-state index contributed by atoms with van der Waals surface area (Å²) in [4.78, 5) is 72.9. The number of halogens is 2. The molecule has 5 aromatic rings. The second kappa shape index (κ2) is 18.3. The third kappa shape index (κ3) is 8.95. The van der Waals surface area contributed by atoms with Crippen LogP contribution in [0.25, 0.3) is 10.9 Å². The first kappa shape index (κ1) is 43.1. The Morgan fingerprint density at radius 1 is 0.773 bits per heavy atom. The van der Waals surface area contributed by atoms with Gasteiger partial charge in [0.1, 0.15) is 17.7 Å². The summed E-state index contributed by atoms with van der Waals surface area (Å²) in [5, 5.41) is 16.9. The van der Waals surface area contributed by atoms with Crippen LogP contribution in [0.1, 0.15) is 67.9 Å². The molecule has 5 amide bonds. The van der Waals surface area contributed by atoms with E-state index >= 15 is 0 Å². The topological polar surface area (TPSA) is 182 Å². The lowest BCUT2D eigenvalue weighted by Gasteiger charge is -2.40. The molecule has 1 aromatic heterocycles. The van der Waals surface area contributed by atoms with Crippen LogP contribution in [0.15, 0.2) is 72.8 Å². The van der Waals surface area contributed by atoms with E-state index in [1.807, 2.05) is 42.5 Å². The van der Waals surface area contributed by atoms with Crippen LogP contribution >= 0.6 is 0 Å². The number of nitrogens with zero attached hydrogens (tertiary/aromatic N) is 5. The molecular weight excluding hydrogens is 853 g/mol. The van der Waals surface area contributed by atoms with Gasteiger partial charge in [-0.3, -0.25) is 44.2 Å². The van der Waals surface area contributed by atoms with Gasteiger partial charge in [-0.25, -0.2) is 8.78 Å². The van der Waals surface area contributed by atoms with Crippen LogP contribution in [0, 0.1) is 11.6 Å². The largest absolute Gasteiger partial charge is 0.381 e. The number of imide groups is 2. The Hall–Kier alpha value is -6.76. The fraction of sp³-hybridized carbons (Fsp3) is 0.375. The van der Waals surface area contributed by atoms with Gasteiger partial charge in [-0.2, -0.15) is 5.10 Å². The first-order valence-corrected chi connectivity index (χ1v) is 22.4. The number of piperazine rings is 1. The SMILES string of the molecule is O=C1CCC(N2C(=O)c3ccc(N4CCOC(CN5CCN(c6ccc(C(=O)Nc7n[nH]c8ccc(Cc9cc(F)cc(F)c9)cc78)c(NC7CCOCC7)c6)CC5)C4)cc3C2=O)C(=O)N1. The Morgan fingerprint density at radius 2 is 1.53 bits per heavy atom. The van der Waals surface area contributed by atoms with E-state index in [-0.39, 0.29) is 42.0 Å². The summed E-state index contributed by atoms with van der Waals surface area (Å²) in [6.07, 6.45) is 1.98. The number of hydrogen-bond acceptors (Lipinski definition) is 12. The fourth-order valence-electron chi connectivity index (χ4n) is 9.69. The van der Waals surface area contributed by atoms with Crippen LogP contribution < -0.4 is 25.8 Å². The van der Waals surface area contributed by atoms with E-state index in [9.17, 15) is 32.8 Å². The molecule has 2 unspecified atom stereocenters. The van der Waals surface area contributed by atoms with E-state index in [1.165, 1.54) is 12.1 Å². The summed E-state index contributed by atoms with van der Waals surface area (Å²) in [5.74, 6) is -3.37. The molecule has 0 bridgehead atoms. The van der Waals surface area contributed by atoms with Crippen LogP contribution in [0.2, 0.25) is 0 Å². The van der Waals surface area contributed by atoms with Crippen LogP contribution in [-0.4, -0.2) is 133 Å². The van der Waals surface area contributed by atoms with E-state index in [2.05, 4.69) is 40.8 Å². The molecule has 4 saturated heterocycles. The van der Waals surface area contributed by atoms with Crippen molar-refractivity contribution in [2.75, 3.05) is 86.1 Å². The van der Waals surface area contributed by atoms with Crippen molar-refractivity contribution >= 4 is 63.3 Å². The molecule has 4 fully saturated rings. The van der Waals surface area contributed by atoms with Crippen molar-refractivity contribution in [2.45, 2.75) is 50.3 Å². The zero-order chi connectivity index (χ0) is 45.5. The second-order valence-corrected chi connectivity index (χ2v) is 17.5. The predicted molar refractivity (Wildman–Crippen MR) is 241 cm³/mol. The number of carbonyl (C=O) groups is 5. The van der Waals surface area contributed by atoms with Crippen molar-refractivity contribution < 1.29 is 42.2 Å². The maximum absolute atomic E-state index is 14.1. The number of ether oxygens (including phenoxy) is 2. The van der Waals surface area contributed by atoms with Crippen molar-refractivity contribution in [3.8, 4) is 0 Å². The molecule has 0 saturated carbocycles. The molecule has 10 rings (SSSR count). The minimum absolute atomic E-state index is 0.0617. The number of rotatable bonds is 11. The van der Waals surface area contributed by atoms with Gasteiger partial charge in [-0.05, 0) is 97.5 Å². The number of piperidine rings is 1. The smallest absolute Gasteiger partial charge is 0.262 e. The number of fused-ring (bicyclic) bond motifs is 2. The van der Waals surface area contributed by atoms with Gasteiger partial charge in [-0.1, -0.05) is 6.07 Å². The Labute approximate surface area is 378 Å². The molecule has 16 nitrogen and oxygen atoms in total. The Kier molecular flexibility index (Phi) is 11.9. The lowest BCUT2D eigenvalue weighted by atomic mass is 10.0. The number of nitrogens with one attached hydrogen (secondary N) is 4. The number of aromatic amines is 1. The Morgan fingerprint density at radius 3 is 2.32 bits per heavy atom. The van der Waals surface area contributed by atoms with Crippen molar-refractivity contribution in [3.05, 3.63) is 112 Å². The highest BCUT2D eigenvalue weighted by atomic mass is 19.1. The molecule has 0 radical (unpaired) electrons. The van der Waals surface area contributed by atoms with Crippen molar-refractivity contribution in [3.63, 3.8) is 0 Å². The van der Waals surface area contributed by atoms with Gasteiger partial charge in [-0.15, -0.1) is 0 Å². The van der Waals surface area contributed by atoms with E-state index in [1.54, 1.807) is 12.1 Å². The highest BCUT2D eigenvalue weighted by Crippen LogP contribution is 2.33. The Balaban J connectivity index is 0.782. The third-order valence-electron chi connectivity index (χ3n) is 13.1. The minimum Gasteiger partial charge on any atom is -0.381 e. The van der Waals surface area contributed by atoms with Gasteiger partial charge in [0.15, 0.2) is 5.82 Å². The molecule has 66 heavy (non-hydrogen) atoms. The van der Waals surface area contributed by atoms with Crippen LogP contribution in [-0.2, 0) is 25.5 Å². The molecular formula is C48H49F2N9O7. The molecule has 342 valence electrons. The molecule has 6 heterocycles. The first-order chi connectivity index (χ1) is 32.0. The summed E-state index contributed by atoms with van der Waals surface area (Å²) in [7, 11) is 0. The maximum Gasteiger partial charge on any atom is 0.262 e. The lowest BCUT2D eigenvalue weighted by molar-refractivity contribution is -0.136. The van der Waals surface area contributed by atoms with Crippen LogP contribution in [0.3, 0.4) is 0 Å². The van der Waals surface area contributed by atoms with E-state index in [0.717, 1.165) is 66.9 Å². The lowest BCUT2D eigenvalue weighted by Crippen LogP contribution is -2.54. The Bertz CT molecular complexity index is 2710. The average Bonchev–Trinajstić information content (AvgIpc) is 3.82. The van der Waals surface area contributed by atoms with Gasteiger partial charge in [0.05, 0.1) is 34.9 Å². The summed E-state index contributed by atoms with van der Waals surface area (Å²) < 4.78 is 39.7. The standard InChI is InChI=1S/C48H49F2N9O7/c49-30-20-29(21-31(50)23-30)19-28-1-6-40-39(22-28)44(55-54-40)53-45(61)37-5-3-34(25-41(37)51-32-9-16-65-17-10-32)57-13-11-56(12-14-57)26-35-27-58(15-18-66-35)33-2-4-36-38(24-33)48(64)59(47(36)63)42-7-8-43(60)52-46(42)62/h1-6,20-25,32,35,42,51H,7-19,26-27H2,(H,52,60,62)(H2,53,54,55,61). The maximum atomic E-state index is 14.1. The highest BCUT2D eigenvalue weighted by molar-refractivity contribution is 6.23. The van der Waals surface area contributed by atoms with Crippen LogP contribution in [0.5, 0.6) is 0 Å². The molecule has 5 aliphatic rings. The number of H-pyrrole nitrogens is 1. The highest BCUT2D eigenvalue weighted by Gasteiger charge is 2.45. The van der Waals surface area contributed by atoms with E-state index < -0.39 is 41.3 Å². The molecule has 2 atom stereocenters. The number of amides is 5. The number of hydrogen-bond donors (Lipinski definition) is 4. The minimum atomic E-state index is -1.02. The van der Waals surface area contributed by atoms with Gasteiger partial charge in [0.2, 0.25) is 11.8 Å². The van der Waals surface area contributed by atoms with Gasteiger partial charge < -0.3 is 29.9 Å². The molecule has 0 aliphatic carbocycles. The number of anilines is 4. The molecule has 4 aromatic carbocycles. The summed E-state index contributed by atoms with van der Waals surface area (Å²) in [6.45, 7) is 6.76. The fourth-order valence-corrected chi connectivity index (χ4v) is 9.69. The van der Waals surface area contributed by atoms with E-state index in [4.69, 9.17) is 9.47 Å². The van der Waals surface area contributed by atoms with E-state index in [0.29, 0.717) is 79.4 Å². The zero-order valence-corrected chi connectivity index (χ0v) is 36.1. The van der Waals surface area contributed by atoms with Gasteiger partial charge >= 0.3 is 0 Å². The second-order valence-electron chi connectivity index (χ2n) is 17.5. The van der Waals surface area contributed by atoms with Crippen molar-refractivity contribution in [1.29, 1.82) is 0 Å². The van der Waals surface area contributed by atoms with Crippen molar-refractivity contribution in [1.82, 2.24) is 25.3 Å². The summed E-state index contributed by atoms with van der Waals surface area (Å²) in [6, 6.07) is 19.2. The number of carbonyl (C=O) groups excluding carboxylic acids is 5. The number of morpholine rings is 1. The normalized spacial score (nSPS) is 20.8. The van der Waals surface area contributed by atoms with Crippen LogP contribution in [0.4, 0.5) is 31.7 Å². The predicted octanol–water partition coefficient (Wildman–Crippen LogP) is 4.70. The summed E-state index contributed by atoms with van der Waals surface area (Å²) in [5.41, 5.74) is 5.48. The number of benzene rings is 4. The third-order valence-corrected chi connectivity index (χ3v) is 13.1. The van der Waals surface area contributed by atoms with Gasteiger partial charge in [0.25, 0.3) is 17.7 Å². The molecule has 0 spiro atoms. The summed E-state index contributed by atoms with van der Waals surface area (Å²) >= 11 is 0. The zero-order valence-electron chi connectivity index (χ0n) is 36.1. The molecule has 4 N–H and O–H groups in total. The van der Waals surface area contributed by atoms with Gasteiger partial charge in [0, 0.05) is 100 Å². The monoisotopic (exact) mass is 901 g/mol. The first-order valence-electron chi connectivity index (χ1n) is 22.4. The molecule has 5 aliphatic heterocycles. The number of aromatic nitrogens is 2. The van der Waals surface area contributed by atoms with Crippen molar-refractivity contribution in [2.24, 2.45) is 0 Å².